The molecular weight excluding hydrogens is 579 g/mol. The summed E-state index contributed by atoms with van der Waals surface area (Å²) < 4.78 is 45.1. The predicted molar refractivity (Wildman–Crippen MR) is 134 cm³/mol. The molecule has 2 N–H and O–H groups in total. The van der Waals surface area contributed by atoms with Crippen LogP contribution in [0.4, 0.5) is 23.7 Å². The van der Waals surface area contributed by atoms with Gasteiger partial charge in [0.2, 0.25) is 0 Å². The van der Waals surface area contributed by atoms with Crippen LogP contribution in [-0.2, 0) is 6.18 Å². The minimum Gasteiger partial charge on any atom is -0.452 e. The van der Waals surface area contributed by atoms with E-state index in [9.17, 15) is 22.8 Å². The highest BCUT2D eigenvalue weighted by molar-refractivity contribution is 6.40. The van der Waals surface area contributed by atoms with Crippen LogP contribution in [-0.4, -0.2) is 21.9 Å². The minimum atomic E-state index is -4.95. The number of carbonyl (C=O) groups is 2. The van der Waals surface area contributed by atoms with Crippen LogP contribution in [0.2, 0.25) is 20.1 Å². The van der Waals surface area contributed by atoms with Crippen molar-refractivity contribution >= 4 is 74.8 Å². The van der Waals surface area contributed by atoms with E-state index in [1.165, 1.54) is 18.2 Å². The van der Waals surface area contributed by atoms with Crippen LogP contribution in [0.1, 0.15) is 16.2 Å². The summed E-state index contributed by atoms with van der Waals surface area (Å²) >= 11 is 25.2. The van der Waals surface area contributed by atoms with Gasteiger partial charge in [-0.1, -0.05) is 70.7 Å². The Morgan fingerprint density at radius 3 is 2.05 bits per heavy atom. The van der Waals surface area contributed by atoms with Gasteiger partial charge in [0.25, 0.3) is 5.91 Å². The lowest BCUT2D eigenvalue weighted by atomic mass is 10.1. The summed E-state index contributed by atoms with van der Waals surface area (Å²) in [7, 11) is 0. The fourth-order valence-electron chi connectivity index (χ4n) is 3.24. The van der Waals surface area contributed by atoms with Crippen molar-refractivity contribution in [3.8, 4) is 11.5 Å². The third kappa shape index (κ3) is 5.83. The average molecular weight is 590 g/mol. The Labute approximate surface area is 226 Å². The lowest BCUT2D eigenvalue weighted by Crippen LogP contribution is -2.36. The number of benzene rings is 3. The molecule has 0 saturated carbocycles. The number of carbonyl (C=O) groups excluding carboxylic acids is 2. The molecule has 0 aliphatic heterocycles. The zero-order valence-electron chi connectivity index (χ0n) is 18.0. The van der Waals surface area contributed by atoms with Crippen molar-refractivity contribution in [1.82, 2.24) is 15.3 Å². The number of hydrogen-bond acceptors (Lipinski definition) is 5. The Bertz CT molecular complexity index is 1530. The molecule has 0 fully saturated rings. The maximum Gasteiger partial charge on any atom is 0.435 e. The summed E-state index contributed by atoms with van der Waals surface area (Å²) in [5, 5.41) is 5.78. The molecule has 190 valence electrons. The summed E-state index contributed by atoms with van der Waals surface area (Å²) in [6.45, 7) is 0. The molecular formula is C23H11Cl4F3N4O3. The van der Waals surface area contributed by atoms with Gasteiger partial charge in [0.1, 0.15) is 0 Å². The Morgan fingerprint density at radius 2 is 1.41 bits per heavy atom. The van der Waals surface area contributed by atoms with E-state index in [4.69, 9.17) is 51.1 Å². The molecule has 0 aliphatic rings. The van der Waals surface area contributed by atoms with E-state index in [2.05, 4.69) is 15.3 Å². The second-order valence-electron chi connectivity index (χ2n) is 7.25. The summed E-state index contributed by atoms with van der Waals surface area (Å²) in [5.74, 6) is -1.17. The predicted octanol–water partition coefficient (Wildman–Crippen LogP) is 8.02. The first-order valence-electron chi connectivity index (χ1n) is 10.00. The third-order valence-electron chi connectivity index (χ3n) is 4.77. The Balaban J connectivity index is 1.54. The number of amides is 3. The van der Waals surface area contributed by atoms with Crippen LogP contribution in [0.15, 0.2) is 54.9 Å². The van der Waals surface area contributed by atoms with E-state index >= 15 is 0 Å². The van der Waals surface area contributed by atoms with Crippen molar-refractivity contribution in [2.24, 2.45) is 0 Å². The number of anilines is 1. The van der Waals surface area contributed by atoms with Crippen molar-refractivity contribution < 1.29 is 27.5 Å². The molecule has 4 rings (SSSR count). The molecule has 7 nitrogen and oxygen atoms in total. The maximum absolute atomic E-state index is 13.1. The lowest BCUT2D eigenvalue weighted by Gasteiger charge is -2.15. The van der Waals surface area contributed by atoms with E-state index < -0.39 is 29.5 Å². The van der Waals surface area contributed by atoms with Crippen molar-refractivity contribution in [2.75, 3.05) is 5.32 Å². The second kappa shape index (κ2) is 10.6. The van der Waals surface area contributed by atoms with E-state index in [-0.39, 0.29) is 32.3 Å². The Hall–Kier alpha value is -3.31. The monoisotopic (exact) mass is 588 g/mol. The first kappa shape index (κ1) is 26.7. The Morgan fingerprint density at radius 1 is 0.811 bits per heavy atom. The number of rotatable bonds is 4. The molecule has 0 spiro atoms. The van der Waals surface area contributed by atoms with Crippen LogP contribution < -0.4 is 15.4 Å². The summed E-state index contributed by atoms with van der Waals surface area (Å²) in [4.78, 5) is 30.9. The highest BCUT2D eigenvalue weighted by atomic mass is 35.5. The number of alkyl halides is 3. The van der Waals surface area contributed by atoms with Crippen molar-refractivity contribution in [1.29, 1.82) is 0 Å². The van der Waals surface area contributed by atoms with Gasteiger partial charge in [-0.3, -0.25) is 10.1 Å². The number of urea groups is 1. The van der Waals surface area contributed by atoms with Gasteiger partial charge >= 0.3 is 12.2 Å². The molecule has 37 heavy (non-hydrogen) atoms. The number of halogens is 7. The second-order valence-corrected chi connectivity index (χ2v) is 8.87. The molecule has 0 radical (unpaired) electrons. The van der Waals surface area contributed by atoms with Crippen LogP contribution in [0.3, 0.4) is 0 Å². The highest BCUT2D eigenvalue weighted by Crippen LogP contribution is 2.45. The maximum atomic E-state index is 13.1. The zero-order valence-corrected chi connectivity index (χ0v) is 21.0. The molecule has 0 bridgehead atoms. The first-order chi connectivity index (χ1) is 17.5. The van der Waals surface area contributed by atoms with Gasteiger partial charge in [0.15, 0.2) is 22.9 Å². The summed E-state index contributed by atoms with van der Waals surface area (Å²) in [6.07, 6.45) is -3.30. The summed E-state index contributed by atoms with van der Waals surface area (Å²) in [5.41, 5.74) is -2.60. The van der Waals surface area contributed by atoms with Gasteiger partial charge < -0.3 is 10.1 Å². The molecule has 4 aromatic rings. The van der Waals surface area contributed by atoms with Crippen molar-refractivity contribution in [2.45, 2.75) is 6.18 Å². The number of fused-ring (bicyclic) bond motifs is 1. The highest BCUT2D eigenvalue weighted by Gasteiger charge is 2.38. The smallest absolute Gasteiger partial charge is 0.435 e. The topological polar surface area (TPSA) is 93.2 Å². The number of nitrogens with zero attached hydrogens (tertiary/aromatic N) is 2. The van der Waals surface area contributed by atoms with E-state index in [1.54, 1.807) is 29.6 Å². The molecule has 3 aromatic carbocycles. The van der Waals surface area contributed by atoms with E-state index in [1.807, 2.05) is 0 Å². The Kier molecular flexibility index (Phi) is 7.65. The molecule has 14 heteroatoms. The molecule has 0 aliphatic carbocycles. The van der Waals surface area contributed by atoms with E-state index in [0.717, 1.165) is 12.4 Å². The van der Waals surface area contributed by atoms with Gasteiger partial charge in [-0.25, -0.2) is 14.8 Å². The first-order valence-corrected chi connectivity index (χ1v) is 11.5. The number of imide groups is 1. The van der Waals surface area contributed by atoms with Crippen LogP contribution in [0.25, 0.3) is 10.8 Å². The number of aromatic nitrogens is 2. The quantitative estimate of drug-likeness (QED) is 0.251. The third-order valence-corrected chi connectivity index (χ3v) is 5.92. The van der Waals surface area contributed by atoms with Gasteiger partial charge in [-0.2, -0.15) is 13.2 Å². The number of hydrogen-bond donors (Lipinski definition) is 2. The average Bonchev–Trinajstić information content (AvgIpc) is 2.82. The molecule has 0 unspecified atom stereocenters. The van der Waals surface area contributed by atoms with Crippen molar-refractivity contribution in [3.05, 3.63) is 86.3 Å². The van der Waals surface area contributed by atoms with Gasteiger partial charge in [0.05, 0.1) is 20.1 Å². The van der Waals surface area contributed by atoms with Crippen LogP contribution in [0.5, 0.6) is 11.5 Å². The zero-order chi connectivity index (χ0) is 26.9. The normalized spacial score (nSPS) is 11.3. The molecule has 1 heterocycles. The molecule has 0 atom stereocenters. The van der Waals surface area contributed by atoms with Gasteiger partial charge in [0, 0.05) is 28.9 Å². The standard InChI is InChI=1S/C23H11Cl4F3N4O3/c24-13-9-16(27)18(12-4-2-1-3-11(12)13)37-19-14(25)7-10(8-15(19)26)33-22(36)34-21(35)17-20(23(28,29)30)32-6-5-31-17/h1-9H,(H2,33,34,35,36). The van der Waals surface area contributed by atoms with Gasteiger partial charge in [-0.05, 0) is 18.2 Å². The van der Waals surface area contributed by atoms with E-state index in [0.29, 0.717) is 15.8 Å². The van der Waals surface area contributed by atoms with Gasteiger partial charge in [-0.15, -0.1) is 0 Å². The lowest BCUT2D eigenvalue weighted by molar-refractivity contribution is -0.141. The number of ether oxygens (including phenoxy) is 1. The van der Waals surface area contributed by atoms with Crippen LogP contribution >= 0.6 is 46.4 Å². The van der Waals surface area contributed by atoms with Crippen molar-refractivity contribution in [3.63, 3.8) is 0 Å². The van der Waals surface area contributed by atoms with Crippen LogP contribution in [0, 0.1) is 0 Å². The fourth-order valence-corrected chi connectivity index (χ4v) is 4.39. The SMILES string of the molecule is O=C(NC(=O)c1nccnc1C(F)(F)F)Nc1cc(Cl)c(Oc2c(Cl)cc(Cl)c3ccccc23)c(Cl)c1. The number of nitrogens with one attached hydrogen (secondary N) is 2. The molecule has 0 saturated heterocycles. The minimum absolute atomic E-state index is 0.00845. The fraction of sp³-hybridized carbons (Fsp3) is 0.0435. The largest absolute Gasteiger partial charge is 0.452 e. The molecule has 1 aromatic heterocycles. The molecule has 3 amide bonds. The summed E-state index contributed by atoms with van der Waals surface area (Å²) in [6, 6.07) is 9.90.